The zero-order chi connectivity index (χ0) is 26.9. The van der Waals surface area contributed by atoms with Crippen molar-refractivity contribution in [2.24, 2.45) is 0 Å². The molecule has 5 aromatic rings. The van der Waals surface area contributed by atoms with Crippen LogP contribution in [0.4, 0.5) is 0 Å². The molecule has 0 amide bonds. The van der Waals surface area contributed by atoms with Crippen LogP contribution in [0.1, 0.15) is 43.0 Å². The predicted molar refractivity (Wildman–Crippen MR) is 161 cm³/mol. The molecule has 0 aliphatic heterocycles. The molecule has 0 aliphatic carbocycles. The molecule has 7 heteroatoms. The van der Waals surface area contributed by atoms with E-state index in [1.807, 2.05) is 84.9 Å². The molecule has 4 aromatic carbocycles. The van der Waals surface area contributed by atoms with Crippen LogP contribution < -0.4 is 0 Å². The van der Waals surface area contributed by atoms with Crippen molar-refractivity contribution in [1.29, 1.82) is 0 Å². The number of hydrogen-bond acceptors (Lipinski definition) is 7. The van der Waals surface area contributed by atoms with Gasteiger partial charge in [0.05, 0.1) is 11.5 Å². The molecule has 0 aliphatic rings. The Bertz CT molecular complexity index is 1400. The molecule has 0 N–H and O–H groups in total. The second-order valence-corrected chi connectivity index (χ2v) is 12.4. The Balaban J connectivity index is 1.07. The summed E-state index contributed by atoms with van der Waals surface area (Å²) in [6.07, 6.45) is 1.69. The number of hydrogen-bond donors (Lipinski definition) is 0. The van der Waals surface area contributed by atoms with Gasteiger partial charge in [0.1, 0.15) is 0 Å². The summed E-state index contributed by atoms with van der Waals surface area (Å²) in [5.41, 5.74) is 6.23. The number of Topliss-reactive ketones (excluding diaryl/α,β-unsaturated/α-hetero) is 2. The highest BCUT2D eigenvalue weighted by atomic mass is 32.2. The van der Waals surface area contributed by atoms with Gasteiger partial charge in [0, 0.05) is 11.1 Å². The van der Waals surface area contributed by atoms with Gasteiger partial charge in [-0.3, -0.25) is 9.59 Å². The Morgan fingerprint density at radius 2 is 0.872 bits per heavy atom. The maximum absolute atomic E-state index is 12.7. The van der Waals surface area contributed by atoms with E-state index >= 15 is 0 Å². The number of nitrogens with zero attached hydrogens (tertiary/aromatic N) is 2. The van der Waals surface area contributed by atoms with Crippen molar-refractivity contribution in [3.63, 3.8) is 0 Å². The van der Waals surface area contributed by atoms with E-state index in [1.54, 1.807) is 0 Å². The smallest absolute Gasteiger partial charge is 0.175 e. The largest absolute Gasteiger partial charge is 0.293 e. The van der Waals surface area contributed by atoms with Crippen molar-refractivity contribution < 1.29 is 9.59 Å². The van der Waals surface area contributed by atoms with E-state index in [0.29, 0.717) is 22.6 Å². The van der Waals surface area contributed by atoms with Gasteiger partial charge >= 0.3 is 0 Å². The number of benzene rings is 4. The summed E-state index contributed by atoms with van der Waals surface area (Å²) in [7, 11) is 0. The molecular formula is C32H26N2O2S3. The summed E-state index contributed by atoms with van der Waals surface area (Å²) in [5, 5.41) is 8.38. The second-order valence-electron chi connectivity index (χ2n) is 8.98. The molecule has 0 saturated carbocycles. The van der Waals surface area contributed by atoms with Gasteiger partial charge in [0.25, 0.3) is 0 Å². The molecule has 0 unspecified atom stereocenters. The molecule has 0 radical (unpaired) electrons. The van der Waals surface area contributed by atoms with Crippen molar-refractivity contribution in [2.75, 3.05) is 11.5 Å². The fourth-order valence-electron chi connectivity index (χ4n) is 4.02. The lowest BCUT2D eigenvalue weighted by Crippen LogP contribution is -2.02. The first-order valence-corrected chi connectivity index (χ1v) is 15.3. The van der Waals surface area contributed by atoms with E-state index in [0.717, 1.165) is 21.5 Å². The Labute approximate surface area is 240 Å². The molecule has 39 heavy (non-hydrogen) atoms. The average molecular weight is 567 g/mol. The fourth-order valence-corrected chi connectivity index (χ4v) is 6.82. The zero-order valence-corrected chi connectivity index (χ0v) is 23.6. The maximum atomic E-state index is 12.7. The van der Waals surface area contributed by atoms with E-state index in [1.165, 1.54) is 57.1 Å². The molecule has 0 saturated heterocycles. The van der Waals surface area contributed by atoms with Crippen LogP contribution in [0.2, 0.25) is 0 Å². The lowest BCUT2D eigenvalue weighted by molar-refractivity contribution is 0.101. The predicted octanol–water partition coefficient (Wildman–Crippen LogP) is 7.67. The van der Waals surface area contributed by atoms with Crippen molar-refractivity contribution in [2.45, 2.75) is 21.5 Å². The SMILES string of the molecule is O=C(CSc1nnc(SCC(=O)c2ccc(Cc3ccccc3)cc2)s1)c1ccc(Cc2ccccc2)cc1. The fraction of sp³-hybridized carbons (Fsp3) is 0.125. The number of carbonyl (C=O) groups excluding carboxylic acids is 2. The highest BCUT2D eigenvalue weighted by Crippen LogP contribution is 2.29. The molecule has 4 nitrogen and oxygen atoms in total. The van der Waals surface area contributed by atoms with E-state index in [-0.39, 0.29) is 11.6 Å². The lowest BCUT2D eigenvalue weighted by Gasteiger charge is -2.04. The summed E-state index contributed by atoms with van der Waals surface area (Å²) in [6.45, 7) is 0. The molecule has 194 valence electrons. The van der Waals surface area contributed by atoms with Crippen LogP contribution in [0.25, 0.3) is 0 Å². The Kier molecular flexibility index (Phi) is 9.38. The molecule has 0 fully saturated rings. The third kappa shape index (κ3) is 7.99. The number of rotatable bonds is 12. The normalized spacial score (nSPS) is 10.9. The molecule has 0 spiro atoms. The van der Waals surface area contributed by atoms with Crippen molar-refractivity contribution in [3.05, 3.63) is 143 Å². The average Bonchev–Trinajstić information content (AvgIpc) is 3.44. The van der Waals surface area contributed by atoms with E-state index in [9.17, 15) is 9.59 Å². The Hall–Kier alpha value is -3.52. The first-order valence-electron chi connectivity index (χ1n) is 12.5. The summed E-state index contributed by atoms with van der Waals surface area (Å²) < 4.78 is 1.45. The zero-order valence-electron chi connectivity index (χ0n) is 21.2. The van der Waals surface area contributed by atoms with Crippen LogP contribution in [-0.2, 0) is 12.8 Å². The topological polar surface area (TPSA) is 59.9 Å². The van der Waals surface area contributed by atoms with Crippen LogP contribution in [-0.4, -0.2) is 33.3 Å². The van der Waals surface area contributed by atoms with Gasteiger partial charge in [-0.2, -0.15) is 0 Å². The van der Waals surface area contributed by atoms with Gasteiger partial charge in [-0.1, -0.05) is 144 Å². The van der Waals surface area contributed by atoms with Crippen LogP contribution in [0.15, 0.2) is 118 Å². The minimum atomic E-state index is 0.0570. The van der Waals surface area contributed by atoms with E-state index < -0.39 is 0 Å². The van der Waals surface area contributed by atoms with Crippen molar-refractivity contribution >= 4 is 46.4 Å². The summed E-state index contributed by atoms with van der Waals surface area (Å²) in [4.78, 5) is 25.4. The molecule has 1 aromatic heterocycles. The lowest BCUT2D eigenvalue weighted by atomic mass is 10.0. The van der Waals surface area contributed by atoms with Gasteiger partial charge in [0.2, 0.25) is 0 Å². The van der Waals surface area contributed by atoms with E-state index in [2.05, 4.69) is 34.5 Å². The van der Waals surface area contributed by atoms with E-state index in [4.69, 9.17) is 0 Å². The van der Waals surface area contributed by atoms with Crippen molar-refractivity contribution in [1.82, 2.24) is 10.2 Å². The van der Waals surface area contributed by atoms with Crippen LogP contribution >= 0.6 is 34.9 Å². The minimum absolute atomic E-state index is 0.0570. The van der Waals surface area contributed by atoms with Gasteiger partial charge < -0.3 is 0 Å². The molecular weight excluding hydrogens is 541 g/mol. The van der Waals surface area contributed by atoms with Crippen LogP contribution in [0.3, 0.4) is 0 Å². The monoisotopic (exact) mass is 566 g/mol. The first kappa shape index (κ1) is 27.1. The van der Waals surface area contributed by atoms with Gasteiger partial charge in [0.15, 0.2) is 20.2 Å². The number of aromatic nitrogens is 2. The highest BCUT2D eigenvalue weighted by Gasteiger charge is 2.13. The van der Waals surface area contributed by atoms with Crippen LogP contribution in [0.5, 0.6) is 0 Å². The Morgan fingerprint density at radius 1 is 0.513 bits per heavy atom. The van der Waals surface area contributed by atoms with Crippen LogP contribution in [0, 0.1) is 0 Å². The quantitative estimate of drug-likeness (QED) is 0.114. The molecule has 1 heterocycles. The third-order valence-electron chi connectivity index (χ3n) is 6.10. The minimum Gasteiger partial charge on any atom is -0.293 e. The number of carbonyl (C=O) groups is 2. The summed E-state index contributed by atoms with van der Waals surface area (Å²) in [5.74, 6) is 0.708. The second kappa shape index (κ2) is 13.5. The van der Waals surface area contributed by atoms with Gasteiger partial charge in [-0.15, -0.1) is 10.2 Å². The Morgan fingerprint density at radius 3 is 1.26 bits per heavy atom. The highest BCUT2D eigenvalue weighted by molar-refractivity contribution is 8.03. The molecule has 0 bridgehead atoms. The van der Waals surface area contributed by atoms with Gasteiger partial charge in [-0.05, 0) is 35.1 Å². The maximum Gasteiger partial charge on any atom is 0.175 e. The summed E-state index contributed by atoms with van der Waals surface area (Å²) >= 11 is 4.18. The molecule has 0 atom stereocenters. The summed E-state index contributed by atoms with van der Waals surface area (Å²) in [6, 6.07) is 36.2. The van der Waals surface area contributed by atoms with Gasteiger partial charge in [-0.25, -0.2) is 0 Å². The molecule has 5 rings (SSSR count). The number of ketones is 2. The number of thioether (sulfide) groups is 2. The van der Waals surface area contributed by atoms with Crippen molar-refractivity contribution in [3.8, 4) is 0 Å². The first-order chi connectivity index (χ1) is 19.1. The standard InChI is InChI=1S/C32H26N2O2S3/c35-29(27-15-11-25(12-16-27)19-23-7-3-1-4-8-23)21-37-31-33-34-32(39-31)38-22-30(36)28-17-13-26(14-18-28)20-24-9-5-2-6-10-24/h1-18H,19-22H2. The third-order valence-corrected chi connectivity index (χ3v) is 9.29.